The summed E-state index contributed by atoms with van der Waals surface area (Å²) >= 11 is -2.47. The summed E-state index contributed by atoms with van der Waals surface area (Å²) < 4.78 is 49.1. The number of aromatic nitrogens is 2. The molecular weight excluding hydrogens is 378 g/mol. The average molecular weight is 393 g/mol. The number of anilines is 1. The summed E-state index contributed by atoms with van der Waals surface area (Å²) in [6.45, 7) is 0. The molecule has 0 aliphatic carbocycles. The van der Waals surface area contributed by atoms with Crippen LogP contribution < -0.4 is 14.2 Å². The summed E-state index contributed by atoms with van der Waals surface area (Å²) in [7, 11) is 1.37. The first-order chi connectivity index (χ1) is 12.4. The number of fused-ring (bicyclic) bond motifs is 1. The van der Waals surface area contributed by atoms with Crippen LogP contribution in [0.15, 0.2) is 41.6 Å². The summed E-state index contributed by atoms with van der Waals surface area (Å²) in [5, 5.41) is 0. The van der Waals surface area contributed by atoms with Crippen molar-refractivity contribution in [3.05, 3.63) is 36.7 Å². The molecule has 10 heteroatoms. The zero-order valence-electron chi connectivity index (χ0n) is 13.9. The van der Waals surface area contributed by atoms with Gasteiger partial charge < -0.3 is 23.0 Å². The number of hydrogen-bond acceptors (Lipinski definition) is 7. The molecular formula is C16H15N3O5S2-2. The van der Waals surface area contributed by atoms with Gasteiger partial charge in [0.05, 0.1) is 36.7 Å². The van der Waals surface area contributed by atoms with E-state index in [0.29, 0.717) is 22.8 Å². The Morgan fingerprint density at radius 2 is 2.00 bits per heavy atom. The maximum absolute atomic E-state index is 11.5. The Hall–Kier alpha value is -2.56. The molecule has 0 amide bonds. The van der Waals surface area contributed by atoms with Gasteiger partial charge in [0.2, 0.25) is 0 Å². The highest BCUT2D eigenvalue weighted by Gasteiger charge is 2.13. The Kier molecular flexibility index (Phi) is 5.16. The molecule has 0 fully saturated rings. The molecule has 0 aliphatic rings. The van der Waals surface area contributed by atoms with E-state index in [2.05, 4.69) is 15.6 Å². The number of rotatable bonds is 6. The maximum atomic E-state index is 11.5. The molecule has 26 heavy (non-hydrogen) atoms. The predicted molar refractivity (Wildman–Crippen MR) is 99.7 cm³/mol. The van der Waals surface area contributed by atoms with Crippen LogP contribution in [0, 0.1) is 0 Å². The lowest BCUT2D eigenvalue weighted by atomic mass is 10.1. The number of nitrogens with zero attached hydrogens (tertiary/aromatic N) is 2. The third-order valence-electron chi connectivity index (χ3n) is 3.69. The van der Waals surface area contributed by atoms with E-state index in [9.17, 15) is 13.0 Å². The first-order valence-corrected chi connectivity index (χ1v) is 9.65. The van der Waals surface area contributed by atoms with Crippen LogP contribution in [0.4, 0.5) is 5.69 Å². The van der Waals surface area contributed by atoms with Gasteiger partial charge in [-0.25, -0.2) is 4.98 Å². The van der Waals surface area contributed by atoms with Gasteiger partial charge in [-0.05, 0) is 29.3 Å². The van der Waals surface area contributed by atoms with Crippen molar-refractivity contribution in [3.63, 3.8) is 0 Å². The molecule has 1 unspecified atom stereocenters. The highest BCUT2D eigenvalue weighted by molar-refractivity contribution is 7.83. The van der Waals surface area contributed by atoms with E-state index in [1.54, 1.807) is 34.9 Å². The smallest absolute Gasteiger partial charge is 0.140 e. The van der Waals surface area contributed by atoms with Gasteiger partial charge in [0.1, 0.15) is 17.1 Å². The minimum Gasteiger partial charge on any atom is -0.768 e. The Bertz CT molecular complexity index is 1070. The fraction of sp³-hybridized carbons (Fsp3) is 0.125. The molecule has 138 valence electrons. The second-order valence-corrected chi connectivity index (χ2v) is 6.98. The zero-order valence-corrected chi connectivity index (χ0v) is 15.6. The fourth-order valence-electron chi connectivity index (χ4n) is 2.55. The molecule has 1 N–H and O–H groups in total. The van der Waals surface area contributed by atoms with Gasteiger partial charge in [0, 0.05) is 17.8 Å². The molecule has 3 rings (SSSR count). The van der Waals surface area contributed by atoms with E-state index in [4.69, 9.17) is 9.47 Å². The van der Waals surface area contributed by atoms with Crippen LogP contribution in [-0.4, -0.2) is 38.2 Å². The number of methoxy groups -OCH3 is 2. The van der Waals surface area contributed by atoms with Crippen LogP contribution >= 0.6 is 0 Å². The van der Waals surface area contributed by atoms with Crippen LogP contribution in [0.1, 0.15) is 0 Å². The number of benzene rings is 1. The summed E-state index contributed by atoms with van der Waals surface area (Å²) in [6.07, 6.45) is 3.05. The number of nitrogens with one attached hydrogen (secondary N) is 1. The Balaban J connectivity index is 2.19. The van der Waals surface area contributed by atoms with E-state index in [0.717, 1.165) is 5.56 Å². The van der Waals surface area contributed by atoms with Crippen molar-refractivity contribution < 1.29 is 22.4 Å². The lowest BCUT2D eigenvalue weighted by Gasteiger charge is -2.15. The minimum atomic E-state index is -2.47. The van der Waals surface area contributed by atoms with Gasteiger partial charge in [-0.1, -0.05) is 0 Å². The summed E-state index contributed by atoms with van der Waals surface area (Å²) in [6, 6.07) is 6.77. The number of pyridine rings is 1. The van der Waals surface area contributed by atoms with E-state index < -0.39 is 21.7 Å². The zero-order chi connectivity index (χ0) is 18.8. The van der Waals surface area contributed by atoms with E-state index >= 15 is 0 Å². The van der Waals surface area contributed by atoms with Gasteiger partial charge >= 0.3 is 0 Å². The predicted octanol–water partition coefficient (Wildman–Crippen LogP) is 1.98. The van der Waals surface area contributed by atoms with Crippen LogP contribution in [0.25, 0.3) is 16.9 Å². The molecule has 0 radical (unpaired) electrons. The first-order valence-electron chi connectivity index (χ1n) is 7.25. The van der Waals surface area contributed by atoms with Crippen molar-refractivity contribution in [2.45, 2.75) is 4.90 Å². The average Bonchev–Trinajstić information content (AvgIpc) is 3.02. The number of hydrogen-bond donors (Lipinski definition) is 1. The normalized spacial score (nSPS) is 12.3. The van der Waals surface area contributed by atoms with Crippen molar-refractivity contribution in [1.29, 1.82) is 0 Å². The van der Waals surface area contributed by atoms with Gasteiger partial charge in [-0.15, -0.1) is 0 Å². The Morgan fingerprint density at radius 3 is 2.62 bits per heavy atom. The molecule has 2 heterocycles. The SMILES string of the molecule is C=[S-](=O)Nc1cc(-c2cnc3cc(OC)c(S(=O)[O-])cn23)ccc1OC. The number of imidazole rings is 1. The second kappa shape index (κ2) is 7.36. The molecule has 0 saturated carbocycles. The molecule has 0 bridgehead atoms. The standard InChI is InChI=1S/C16H16N3O5S2/c1-23-13-5-4-10(6-11(13)18-25(3)20)12-8-17-16-7-14(24-2)15(26(21)22)9-19(12)16/h4-9H,3H2,1-2H3,(H,18,20)(H,21,22)/q-1/p-1. The van der Waals surface area contributed by atoms with Crippen LogP contribution in [-0.2, 0) is 25.9 Å². The lowest BCUT2D eigenvalue weighted by Crippen LogP contribution is -2.00. The van der Waals surface area contributed by atoms with E-state index in [-0.39, 0.29) is 10.6 Å². The molecule has 1 atom stereocenters. The van der Waals surface area contributed by atoms with Gasteiger partial charge in [0.25, 0.3) is 0 Å². The van der Waals surface area contributed by atoms with Gasteiger partial charge in [0.15, 0.2) is 0 Å². The van der Waals surface area contributed by atoms with Crippen molar-refractivity contribution in [3.8, 4) is 22.8 Å². The molecule has 0 spiro atoms. The molecule has 0 saturated heterocycles. The van der Waals surface area contributed by atoms with E-state index in [1.165, 1.54) is 20.4 Å². The third-order valence-corrected chi connectivity index (χ3v) is 4.81. The van der Waals surface area contributed by atoms with Crippen LogP contribution in [0.3, 0.4) is 0 Å². The Morgan fingerprint density at radius 1 is 1.27 bits per heavy atom. The van der Waals surface area contributed by atoms with Gasteiger partial charge in [-0.3, -0.25) is 8.61 Å². The summed E-state index contributed by atoms with van der Waals surface area (Å²) in [5.41, 5.74) is 2.39. The minimum absolute atomic E-state index is 0.0185. The first kappa shape index (κ1) is 18.2. The second-order valence-electron chi connectivity index (χ2n) is 5.18. The van der Waals surface area contributed by atoms with Crippen molar-refractivity contribution in [2.75, 3.05) is 18.9 Å². The molecule has 2 aromatic heterocycles. The molecule has 0 aliphatic heterocycles. The van der Waals surface area contributed by atoms with Gasteiger partial charge in [-0.2, -0.15) is 16.4 Å². The highest BCUT2D eigenvalue weighted by atomic mass is 32.2. The summed E-state index contributed by atoms with van der Waals surface area (Å²) in [4.78, 5) is 4.31. The summed E-state index contributed by atoms with van der Waals surface area (Å²) in [5.74, 6) is 4.12. The quantitative estimate of drug-likeness (QED) is 0.390. The fourth-order valence-corrected chi connectivity index (χ4v) is 3.46. The number of ether oxygens (including phenoxy) is 2. The highest BCUT2D eigenvalue weighted by Crippen LogP contribution is 2.32. The van der Waals surface area contributed by atoms with Crippen molar-refractivity contribution in [1.82, 2.24) is 9.38 Å². The van der Waals surface area contributed by atoms with Crippen LogP contribution in [0.2, 0.25) is 0 Å². The lowest BCUT2D eigenvalue weighted by molar-refractivity contribution is 0.400. The molecule has 3 aromatic rings. The topological polar surface area (TPSA) is 105 Å². The molecule has 1 aromatic carbocycles. The maximum Gasteiger partial charge on any atom is 0.140 e. The largest absolute Gasteiger partial charge is 0.768 e. The third kappa shape index (κ3) is 3.39. The van der Waals surface area contributed by atoms with E-state index in [1.807, 2.05) is 0 Å². The van der Waals surface area contributed by atoms with Crippen molar-refractivity contribution >= 4 is 38.9 Å². The van der Waals surface area contributed by atoms with Crippen LogP contribution in [0.5, 0.6) is 11.5 Å². The molecule has 8 nitrogen and oxygen atoms in total. The monoisotopic (exact) mass is 393 g/mol. The van der Waals surface area contributed by atoms with Crippen molar-refractivity contribution in [2.24, 2.45) is 0 Å². The Labute approximate surface area is 154 Å².